The Balaban J connectivity index is 1.71. The second-order valence-electron chi connectivity index (χ2n) is 9.68. The number of aromatic amines is 1. The Morgan fingerprint density at radius 3 is 1.81 bits per heavy atom. The van der Waals surface area contributed by atoms with Gasteiger partial charge in [-0.05, 0) is 37.9 Å². The number of aromatic nitrogens is 1. The third-order valence-electron chi connectivity index (χ3n) is 7.82. The molecule has 2 nitrogen and oxygen atoms in total. The maximum atomic E-state index is 10.7. The average Bonchev–Trinajstić information content (AvgIpc) is 3.35. The lowest BCUT2D eigenvalue weighted by Crippen LogP contribution is -1.91. The van der Waals surface area contributed by atoms with E-state index in [1.54, 1.807) is 0 Å². The van der Waals surface area contributed by atoms with Crippen LogP contribution in [0.3, 0.4) is 0 Å². The van der Waals surface area contributed by atoms with Crippen molar-refractivity contribution in [2.45, 2.75) is 0 Å². The van der Waals surface area contributed by atoms with Gasteiger partial charge >= 0.3 is 0 Å². The maximum absolute atomic E-state index is 10.7. The van der Waals surface area contributed by atoms with E-state index in [-0.39, 0.29) is 0 Å². The third-order valence-corrected chi connectivity index (χ3v) is 7.82. The smallest absolute Gasteiger partial charge is 0.101 e. The summed E-state index contributed by atoms with van der Waals surface area (Å²) in [5.41, 5.74) is 5.13. The summed E-state index contributed by atoms with van der Waals surface area (Å²) < 4.78 is 0. The number of nitriles is 1. The van der Waals surface area contributed by atoms with Crippen LogP contribution in [0.25, 0.3) is 76.0 Å². The van der Waals surface area contributed by atoms with Crippen molar-refractivity contribution >= 4 is 64.9 Å². The van der Waals surface area contributed by atoms with E-state index in [4.69, 9.17) is 0 Å². The summed E-state index contributed by atoms with van der Waals surface area (Å²) in [7, 11) is 0. The molecule has 0 aliphatic heterocycles. The molecule has 0 radical (unpaired) electrons. The highest BCUT2D eigenvalue weighted by Gasteiger charge is 2.22. The van der Waals surface area contributed by atoms with Crippen LogP contribution in [0, 0.1) is 11.3 Å². The summed E-state index contributed by atoms with van der Waals surface area (Å²) in [5.74, 6) is 0. The largest absolute Gasteiger partial charge is 0.353 e. The Bertz CT molecular complexity index is 2260. The lowest BCUT2D eigenvalue weighted by atomic mass is 9.87. The van der Waals surface area contributed by atoms with Crippen LogP contribution in [0.1, 0.15) is 5.56 Å². The lowest BCUT2D eigenvalue weighted by molar-refractivity contribution is 1.52. The Hall–Kier alpha value is -5.13. The molecule has 0 spiro atoms. The molecule has 0 bridgehead atoms. The fourth-order valence-corrected chi connectivity index (χ4v) is 6.23. The Labute approximate surface area is 213 Å². The molecule has 1 N–H and O–H groups in total. The number of H-pyrrole nitrogens is 1. The SMILES string of the molecule is N#Cc1c2c(ccc3ccccc32)c(-c2cccc3ccccc23)c2[nH]c3c4ccccc4ccc3c12. The van der Waals surface area contributed by atoms with E-state index in [0.29, 0.717) is 0 Å². The predicted molar refractivity (Wildman–Crippen MR) is 156 cm³/mol. The highest BCUT2D eigenvalue weighted by atomic mass is 14.7. The van der Waals surface area contributed by atoms with Crippen LogP contribution in [-0.2, 0) is 0 Å². The maximum Gasteiger partial charge on any atom is 0.101 e. The Morgan fingerprint density at radius 1 is 0.459 bits per heavy atom. The zero-order chi connectivity index (χ0) is 24.5. The highest BCUT2D eigenvalue weighted by Crippen LogP contribution is 2.46. The molecule has 0 aliphatic carbocycles. The first kappa shape index (κ1) is 20.1. The first-order valence-electron chi connectivity index (χ1n) is 12.5. The molecular weight excluding hydrogens is 448 g/mol. The molecule has 0 aliphatic rings. The summed E-state index contributed by atoms with van der Waals surface area (Å²) >= 11 is 0. The molecule has 0 fully saturated rings. The molecule has 8 aromatic rings. The van der Waals surface area contributed by atoms with Crippen molar-refractivity contribution in [2.24, 2.45) is 0 Å². The molecule has 2 heteroatoms. The van der Waals surface area contributed by atoms with Gasteiger partial charge in [-0.25, -0.2) is 0 Å². The Kier molecular flexibility index (Phi) is 4.04. The summed E-state index contributed by atoms with van der Waals surface area (Å²) in [6, 6.07) is 43.2. The van der Waals surface area contributed by atoms with E-state index in [0.717, 1.165) is 59.9 Å². The summed E-state index contributed by atoms with van der Waals surface area (Å²) in [6.45, 7) is 0. The van der Waals surface area contributed by atoms with Crippen LogP contribution in [-0.4, -0.2) is 4.98 Å². The number of benzene rings is 7. The van der Waals surface area contributed by atoms with E-state index in [2.05, 4.69) is 126 Å². The zero-order valence-corrected chi connectivity index (χ0v) is 19.9. The number of nitrogens with zero attached hydrogens (tertiary/aromatic N) is 1. The topological polar surface area (TPSA) is 39.6 Å². The Morgan fingerprint density at radius 2 is 1.05 bits per heavy atom. The normalized spacial score (nSPS) is 11.8. The highest BCUT2D eigenvalue weighted by molar-refractivity contribution is 6.30. The fourth-order valence-electron chi connectivity index (χ4n) is 6.23. The number of hydrogen-bond donors (Lipinski definition) is 1. The van der Waals surface area contributed by atoms with Crippen molar-refractivity contribution in [3.63, 3.8) is 0 Å². The van der Waals surface area contributed by atoms with E-state index < -0.39 is 0 Å². The van der Waals surface area contributed by atoms with Gasteiger partial charge in [0.05, 0.1) is 16.6 Å². The van der Waals surface area contributed by atoms with Gasteiger partial charge in [-0.3, -0.25) is 0 Å². The van der Waals surface area contributed by atoms with E-state index >= 15 is 0 Å². The van der Waals surface area contributed by atoms with Gasteiger partial charge in [-0.15, -0.1) is 0 Å². The molecule has 0 unspecified atom stereocenters. The number of nitrogens with one attached hydrogen (secondary N) is 1. The number of rotatable bonds is 1. The van der Waals surface area contributed by atoms with Crippen molar-refractivity contribution in [2.75, 3.05) is 0 Å². The van der Waals surface area contributed by atoms with Crippen molar-refractivity contribution in [3.8, 4) is 17.2 Å². The van der Waals surface area contributed by atoms with Crippen LogP contribution in [0.5, 0.6) is 0 Å². The van der Waals surface area contributed by atoms with Gasteiger partial charge in [0.2, 0.25) is 0 Å². The van der Waals surface area contributed by atoms with Crippen LogP contribution >= 0.6 is 0 Å². The molecule has 37 heavy (non-hydrogen) atoms. The van der Waals surface area contributed by atoms with E-state index in [9.17, 15) is 5.26 Å². The molecule has 170 valence electrons. The minimum atomic E-state index is 0.729. The summed E-state index contributed by atoms with van der Waals surface area (Å²) in [4.78, 5) is 3.82. The number of fused-ring (bicyclic) bond motifs is 9. The van der Waals surface area contributed by atoms with Crippen LogP contribution in [0.4, 0.5) is 0 Å². The average molecular weight is 469 g/mol. The third kappa shape index (κ3) is 2.69. The van der Waals surface area contributed by atoms with Crippen molar-refractivity contribution in [3.05, 3.63) is 121 Å². The number of hydrogen-bond acceptors (Lipinski definition) is 1. The molecule has 0 atom stereocenters. The fraction of sp³-hybridized carbons (Fsp3) is 0. The van der Waals surface area contributed by atoms with Crippen LogP contribution in [0.2, 0.25) is 0 Å². The van der Waals surface area contributed by atoms with Gasteiger partial charge in [0.25, 0.3) is 0 Å². The quantitative estimate of drug-likeness (QED) is 0.239. The summed E-state index contributed by atoms with van der Waals surface area (Å²) in [5, 5.41) is 21.8. The van der Waals surface area contributed by atoms with Crippen molar-refractivity contribution in [1.29, 1.82) is 5.26 Å². The molecular formula is C35H20N2. The van der Waals surface area contributed by atoms with Crippen LogP contribution in [0.15, 0.2) is 115 Å². The van der Waals surface area contributed by atoms with Gasteiger partial charge in [-0.2, -0.15) is 5.26 Å². The zero-order valence-electron chi connectivity index (χ0n) is 19.9. The van der Waals surface area contributed by atoms with E-state index in [1.807, 2.05) is 0 Å². The van der Waals surface area contributed by atoms with Crippen LogP contribution < -0.4 is 0 Å². The van der Waals surface area contributed by atoms with Crippen molar-refractivity contribution < 1.29 is 0 Å². The first-order chi connectivity index (χ1) is 18.3. The molecule has 1 heterocycles. The first-order valence-corrected chi connectivity index (χ1v) is 12.5. The molecule has 7 aromatic carbocycles. The molecule has 0 saturated heterocycles. The minimum Gasteiger partial charge on any atom is -0.353 e. The van der Waals surface area contributed by atoms with Gasteiger partial charge in [0.15, 0.2) is 0 Å². The van der Waals surface area contributed by atoms with Gasteiger partial charge in [0, 0.05) is 27.1 Å². The molecule has 0 saturated carbocycles. The minimum absolute atomic E-state index is 0.729. The molecule has 1 aromatic heterocycles. The standard InChI is InChI=1S/C35H20N2/c36-20-30-31-25-13-5-2-9-22(25)16-18-28(31)32(27-15-7-11-21-8-1-4-12-24(21)27)35-33(30)29-19-17-23-10-3-6-14-26(23)34(29)37-35/h1-19,37H. The predicted octanol–water partition coefficient (Wildman–Crippen LogP) is 9.47. The molecule has 8 rings (SSSR count). The second-order valence-corrected chi connectivity index (χ2v) is 9.68. The monoisotopic (exact) mass is 468 g/mol. The van der Waals surface area contributed by atoms with Gasteiger partial charge in [0.1, 0.15) is 6.07 Å². The molecule has 0 amide bonds. The van der Waals surface area contributed by atoms with E-state index in [1.165, 1.54) is 21.7 Å². The van der Waals surface area contributed by atoms with Gasteiger partial charge in [-0.1, -0.05) is 115 Å². The second kappa shape index (κ2) is 7.43. The van der Waals surface area contributed by atoms with Crippen molar-refractivity contribution in [1.82, 2.24) is 4.98 Å². The van der Waals surface area contributed by atoms with Gasteiger partial charge < -0.3 is 4.98 Å². The summed E-state index contributed by atoms with van der Waals surface area (Å²) in [6.07, 6.45) is 0. The lowest BCUT2D eigenvalue weighted by Gasteiger charge is -2.15.